The Balaban J connectivity index is 3.97. The molecule has 0 saturated carbocycles. The molecule has 238 valence electrons. The lowest BCUT2D eigenvalue weighted by Crippen LogP contribution is -2.33. The van der Waals surface area contributed by atoms with Crippen molar-refractivity contribution in [3.63, 3.8) is 0 Å². The highest BCUT2D eigenvalue weighted by Gasteiger charge is 2.39. The van der Waals surface area contributed by atoms with Gasteiger partial charge in [0, 0.05) is 0 Å². The van der Waals surface area contributed by atoms with Crippen LogP contribution in [-0.4, -0.2) is 22.2 Å². The molecule has 4 heteroatoms. The summed E-state index contributed by atoms with van der Waals surface area (Å²) < 4.78 is 0. The molecule has 0 aromatic heterocycles. The van der Waals surface area contributed by atoms with Gasteiger partial charge < -0.3 is 10.2 Å². The first kappa shape index (κ1) is 38.9. The SMILES string of the molecule is CC(C)CCCCCCCCCCCCCC(CCCCCCCCCCCCCC(C)C)(CC(=O)O)C(=O)O. The van der Waals surface area contributed by atoms with Gasteiger partial charge in [-0.2, -0.15) is 0 Å². The van der Waals surface area contributed by atoms with Gasteiger partial charge in [-0.25, -0.2) is 0 Å². The Bertz CT molecular complexity index is 549. The van der Waals surface area contributed by atoms with E-state index in [2.05, 4.69) is 27.7 Å². The molecule has 40 heavy (non-hydrogen) atoms. The molecule has 0 heterocycles. The summed E-state index contributed by atoms with van der Waals surface area (Å²) in [5.74, 6) is -0.227. The third-order valence-corrected chi connectivity index (χ3v) is 8.82. The molecule has 0 rings (SSSR count). The molecule has 0 atom stereocenters. The lowest BCUT2D eigenvalue weighted by Gasteiger charge is -2.28. The normalized spacial score (nSPS) is 12.1. The molecule has 0 unspecified atom stereocenters. The van der Waals surface area contributed by atoms with E-state index in [0.29, 0.717) is 12.8 Å². The molecular formula is C36H70O4. The Labute approximate surface area is 249 Å². The van der Waals surface area contributed by atoms with E-state index in [1.54, 1.807) is 0 Å². The van der Waals surface area contributed by atoms with E-state index < -0.39 is 17.4 Å². The Morgan fingerprint density at radius 3 is 0.925 bits per heavy atom. The highest BCUT2D eigenvalue weighted by Crippen LogP contribution is 2.36. The number of aliphatic carboxylic acids is 2. The molecule has 0 radical (unpaired) electrons. The zero-order chi connectivity index (χ0) is 29.9. The van der Waals surface area contributed by atoms with Gasteiger partial charge in [0.2, 0.25) is 0 Å². The molecule has 0 aliphatic carbocycles. The summed E-state index contributed by atoms with van der Waals surface area (Å²) in [5.41, 5.74) is -1.09. The summed E-state index contributed by atoms with van der Waals surface area (Å²) in [6.45, 7) is 9.20. The van der Waals surface area contributed by atoms with Crippen molar-refractivity contribution in [1.29, 1.82) is 0 Å². The van der Waals surface area contributed by atoms with Crippen LogP contribution in [0.5, 0.6) is 0 Å². The zero-order valence-corrected chi connectivity index (χ0v) is 27.5. The van der Waals surface area contributed by atoms with Crippen LogP contribution in [0.2, 0.25) is 0 Å². The van der Waals surface area contributed by atoms with Gasteiger partial charge in [-0.05, 0) is 24.7 Å². The van der Waals surface area contributed by atoms with Gasteiger partial charge in [-0.3, -0.25) is 9.59 Å². The van der Waals surface area contributed by atoms with Gasteiger partial charge in [-0.1, -0.05) is 182 Å². The molecule has 0 aromatic rings. The van der Waals surface area contributed by atoms with Crippen molar-refractivity contribution in [2.24, 2.45) is 17.3 Å². The van der Waals surface area contributed by atoms with Crippen molar-refractivity contribution in [2.75, 3.05) is 0 Å². The molecule has 0 fully saturated rings. The second kappa shape index (κ2) is 26.8. The van der Waals surface area contributed by atoms with Crippen LogP contribution >= 0.6 is 0 Å². The van der Waals surface area contributed by atoms with Crippen molar-refractivity contribution >= 4 is 11.9 Å². The summed E-state index contributed by atoms with van der Waals surface area (Å²) >= 11 is 0. The summed E-state index contributed by atoms with van der Waals surface area (Å²) in [7, 11) is 0. The van der Waals surface area contributed by atoms with E-state index in [1.165, 1.54) is 116 Å². The number of hydrogen-bond acceptors (Lipinski definition) is 2. The molecular weight excluding hydrogens is 496 g/mol. The van der Waals surface area contributed by atoms with Crippen molar-refractivity contribution in [1.82, 2.24) is 0 Å². The van der Waals surface area contributed by atoms with Crippen LogP contribution in [0.3, 0.4) is 0 Å². The fourth-order valence-corrected chi connectivity index (χ4v) is 6.09. The summed E-state index contributed by atoms with van der Waals surface area (Å²) in [6.07, 6.45) is 30.6. The molecule has 2 N–H and O–H groups in total. The Kier molecular flexibility index (Phi) is 26.1. The van der Waals surface area contributed by atoms with Crippen LogP contribution in [0.25, 0.3) is 0 Å². The largest absolute Gasteiger partial charge is 0.481 e. The van der Waals surface area contributed by atoms with Gasteiger partial charge in [0.25, 0.3) is 0 Å². The maximum absolute atomic E-state index is 12.2. The van der Waals surface area contributed by atoms with Gasteiger partial charge in [-0.15, -0.1) is 0 Å². The van der Waals surface area contributed by atoms with Gasteiger partial charge in [0.1, 0.15) is 0 Å². The Morgan fingerprint density at radius 2 is 0.700 bits per heavy atom. The average molecular weight is 567 g/mol. The molecule has 0 aliphatic rings. The fraction of sp³-hybridized carbons (Fsp3) is 0.944. The lowest BCUT2D eigenvalue weighted by molar-refractivity contribution is -0.157. The number of carboxylic acid groups (broad SMARTS) is 2. The molecule has 0 aromatic carbocycles. The van der Waals surface area contributed by atoms with Gasteiger partial charge >= 0.3 is 11.9 Å². The topological polar surface area (TPSA) is 74.6 Å². The van der Waals surface area contributed by atoms with Crippen LogP contribution in [0, 0.1) is 17.3 Å². The monoisotopic (exact) mass is 567 g/mol. The van der Waals surface area contributed by atoms with Gasteiger partial charge in [0.05, 0.1) is 11.8 Å². The van der Waals surface area contributed by atoms with Gasteiger partial charge in [0.15, 0.2) is 0 Å². The van der Waals surface area contributed by atoms with E-state index in [1.807, 2.05) is 0 Å². The Morgan fingerprint density at radius 1 is 0.450 bits per heavy atom. The Hall–Kier alpha value is -1.06. The predicted octanol–water partition coefficient (Wildman–Crippen LogP) is 12.0. The van der Waals surface area contributed by atoms with Crippen molar-refractivity contribution < 1.29 is 19.8 Å². The molecule has 4 nitrogen and oxygen atoms in total. The number of carbonyl (C=O) groups is 2. The van der Waals surface area contributed by atoms with Crippen molar-refractivity contribution in [2.45, 2.75) is 201 Å². The molecule has 0 saturated heterocycles. The van der Waals surface area contributed by atoms with E-state index in [0.717, 1.165) is 50.4 Å². The maximum atomic E-state index is 12.2. The summed E-state index contributed by atoms with van der Waals surface area (Å²) in [4.78, 5) is 23.8. The van der Waals surface area contributed by atoms with Crippen LogP contribution in [-0.2, 0) is 9.59 Å². The number of unbranched alkanes of at least 4 members (excludes halogenated alkanes) is 20. The third-order valence-electron chi connectivity index (χ3n) is 8.82. The minimum absolute atomic E-state index is 0.239. The quantitative estimate of drug-likeness (QED) is 0.0818. The first-order chi connectivity index (χ1) is 19.2. The second-order valence-corrected chi connectivity index (χ2v) is 13.8. The minimum Gasteiger partial charge on any atom is -0.481 e. The molecule has 0 spiro atoms. The van der Waals surface area contributed by atoms with Crippen LogP contribution in [0.1, 0.15) is 201 Å². The zero-order valence-electron chi connectivity index (χ0n) is 27.5. The average Bonchev–Trinajstić information content (AvgIpc) is 2.88. The van der Waals surface area contributed by atoms with Crippen LogP contribution < -0.4 is 0 Å². The number of hydrogen-bond donors (Lipinski definition) is 2. The first-order valence-corrected chi connectivity index (χ1v) is 17.6. The highest BCUT2D eigenvalue weighted by molar-refractivity contribution is 5.81. The summed E-state index contributed by atoms with van der Waals surface area (Å²) in [6, 6.07) is 0. The number of rotatable bonds is 31. The fourth-order valence-electron chi connectivity index (χ4n) is 6.09. The lowest BCUT2D eigenvalue weighted by atomic mass is 9.75. The van der Waals surface area contributed by atoms with Crippen molar-refractivity contribution in [3.8, 4) is 0 Å². The second-order valence-electron chi connectivity index (χ2n) is 13.8. The molecule has 0 amide bonds. The van der Waals surface area contributed by atoms with E-state index in [9.17, 15) is 19.8 Å². The first-order valence-electron chi connectivity index (χ1n) is 17.6. The molecule has 0 bridgehead atoms. The maximum Gasteiger partial charge on any atom is 0.310 e. The summed E-state index contributed by atoms with van der Waals surface area (Å²) in [5, 5.41) is 19.5. The smallest absolute Gasteiger partial charge is 0.310 e. The minimum atomic E-state index is -1.09. The molecule has 0 aliphatic heterocycles. The van der Waals surface area contributed by atoms with E-state index >= 15 is 0 Å². The van der Waals surface area contributed by atoms with E-state index in [4.69, 9.17) is 0 Å². The van der Waals surface area contributed by atoms with Crippen molar-refractivity contribution in [3.05, 3.63) is 0 Å². The number of carboxylic acids is 2. The van der Waals surface area contributed by atoms with E-state index in [-0.39, 0.29) is 6.42 Å². The highest BCUT2D eigenvalue weighted by atomic mass is 16.4. The van der Waals surface area contributed by atoms with Crippen LogP contribution in [0.15, 0.2) is 0 Å². The third kappa shape index (κ3) is 24.7. The predicted molar refractivity (Wildman–Crippen MR) is 172 cm³/mol. The van der Waals surface area contributed by atoms with Crippen LogP contribution in [0.4, 0.5) is 0 Å². The standard InChI is InChI=1S/C36H70O4/c1-32(2)27-23-19-15-11-7-5-9-13-17-21-25-29-36(35(39)40,31-34(37)38)30-26-22-18-14-10-6-8-12-16-20-24-28-33(3)4/h32-33H,5-31H2,1-4H3,(H,37,38)(H,39,40).